The van der Waals surface area contributed by atoms with Crippen molar-refractivity contribution in [3.8, 4) is 18.2 Å². The first kappa shape index (κ1) is 11.8. The van der Waals surface area contributed by atoms with Gasteiger partial charge in [0.1, 0.15) is 17.8 Å². The summed E-state index contributed by atoms with van der Waals surface area (Å²) in [6.45, 7) is 3.71. The summed E-state index contributed by atoms with van der Waals surface area (Å²) in [4.78, 5) is 0. The van der Waals surface area contributed by atoms with Crippen molar-refractivity contribution in [2.75, 3.05) is 0 Å². The standard InChI is InChI=1S/C10H10N4/c1-8(2)5-10(7-13)14-9(6-12)3-4-11/h3,5,10,14H,1-2H3/b9-3+. The van der Waals surface area contributed by atoms with E-state index in [2.05, 4.69) is 5.32 Å². The van der Waals surface area contributed by atoms with E-state index in [1.807, 2.05) is 19.9 Å². The molecule has 0 aliphatic carbocycles. The number of rotatable bonds is 3. The maximum atomic E-state index is 8.71. The van der Waals surface area contributed by atoms with E-state index in [1.165, 1.54) is 0 Å². The fourth-order valence-electron chi connectivity index (χ4n) is 0.783. The first-order valence-electron chi connectivity index (χ1n) is 3.95. The maximum Gasteiger partial charge on any atom is 0.134 e. The Morgan fingerprint density at radius 2 is 1.93 bits per heavy atom. The number of hydrogen-bond donors (Lipinski definition) is 1. The van der Waals surface area contributed by atoms with Crippen LogP contribution in [0.25, 0.3) is 0 Å². The Hall–Kier alpha value is -2.25. The zero-order valence-corrected chi connectivity index (χ0v) is 8.07. The molecular weight excluding hydrogens is 176 g/mol. The van der Waals surface area contributed by atoms with Crippen LogP contribution in [0.4, 0.5) is 0 Å². The van der Waals surface area contributed by atoms with Crippen molar-refractivity contribution >= 4 is 0 Å². The van der Waals surface area contributed by atoms with Crippen LogP contribution in [0.2, 0.25) is 0 Å². The third kappa shape index (κ3) is 4.59. The van der Waals surface area contributed by atoms with Gasteiger partial charge in [-0.3, -0.25) is 0 Å². The third-order valence-electron chi connectivity index (χ3n) is 1.28. The molecule has 0 saturated carbocycles. The van der Waals surface area contributed by atoms with Crippen LogP contribution in [-0.4, -0.2) is 6.04 Å². The molecule has 4 nitrogen and oxygen atoms in total. The molecule has 0 amide bonds. The molecule has 0 rings (SSSR count). The summed E-state index contributed by atoms with van der Waals surface area (Å²) < 4.78 is 0. The zero-order chi connectivity index (χ0) is 11.0. The fraction of sp³-hybridized carbons (Fsp3) is 0.300. The molecule has 0 aromatic rings. The van der Waals surface area contributed by atoms with Gasteiger partial charge in [0, 0.05) is 6.08 Å². The Kier molecular flexibility index (Phi) is 5.28. The summed E-state index contributed by atoms with van der Waals surface area (Å²) in [5.41, 5.74) is 1.06. The topological polar surface area (TPSA) is 83.4 Å². The van der Waals surface area contributed by atoms with E-state index in [9.17, 15) is 0 Å². The molecular formula is C10H10N4. The normalized spacial score (nSPS) is 11.5. The van der Waals surface area contributed by atoms with Crippen molar-refractivity contribution in [2.45, 2.75) is 19.9 Å². The monoisotopic (exact) mass is 186 g/mol. The van der Waals surface area contributed by atoms with Crippen LogP contribution in [0.15, 0.2) is 23.4 Å². The Balaban J connectivity index is 4.60. The number of nitriles is 3. The largest absolute Gasteiger partial charge is 0.357 e. The molecule has 0 aliphatic rings. The first-order chi connectivity index (χ1) is 6.63. The van der Waals surface area contributed by atoms with Crippen molar-refractivity contribution in [1.29, 1.82) is 15.8 Å². The van der Waals surface area contributed by atoms with Gasteiger partial charge in [0.15, 0.2) is 0 Å². The van der Waals surface area contributed by atoms with Crippen molar-refractivity contribution in [3.63, 3.8) is 0 Å². The van der Waals surface area contributed by atoms with Crippen LogP contribution in [-0.2, 0) is 0 Å². The Morgan fingerprint density at radius 1 is 1.29 bits per heavy atom. The minimum atomic E-state index is -0.570. The molecule has 1 unspecified atom stereocenters. The summed E-state index contributed by atoms with van der Waals surface area (Å²) in [6.07, 6.45) is 2.76. The predicted octanol–water partition coefficient (Wildman–Crippen LogP) is 1.37. The summed E-state index contributed by atoms with van der Waals surface area (Å²) in [7, 11) is 0. The number of nitrogens with zero attached hydrogens (tertiary/aromatic N) is 3. The summed E-state index contributed by atoms with van der Waals surface area (Å²) >= 11 is 0. The highest BCUT2D eigenvalue weighted by Crippen LogP contribution is 1.96. The highest BCUT2D eigenvalue weighted by atomic mass is 14.9. The van der Waals surface area contributed by atoms with Gasteiger partial charge < -0.3 is 5.32 Å². The van der Waals surface area contributed by atoms with Gasteiger partial charge in [-0.05, 0) is 19.9 Å². The molecule has 0 fully saturated rings. The highest BCUT2D eigenvalue weighted by Gasteiger charge is 2.04. The van der Waals surface area contributed by atoms with Crippen LogP contribution in [0, 0.1) is 34.0 Å². The van der Waals surface area contributed by atoms with E-state index in [4.69, 9.17) is 15.8 Å². The second kappa shape index (κ2) is 6.29. The highest BCUT2D eigenvalue weighted by molar-refractivity contribution is 5.28. The van der Waals surface area contributed by atoms with E-state index in [-0.39, 0.29) is 5.70 Å². The van der Waals surface area contributed by atoms with Crippen molar-refractivity contribution in [1.82, 2.24) is 5.32 Å². The number of allylic oxidation sites excluding steroid dienone is 3. The van der Waals surface area contributed by atoms with Gasteiger partial charge in [0.25, 0.3) is 0 Å². The second-order valence-corrected chi connectivity index (χ2v) is 2.79. The van der Waals surface area contributed by atoms with Crippen LogP contribution >= 0.6 is 0 Å². The van der Waals surface area contributed by atoms with Gasteiger partial charge in [-0.1, -0.05) is 5.57 Å². The molecule has 0 aromatic carbocycles. The lowest BCUT2D eigenvalue weighted by Gasteiger charge is -2.06. The van der Waals surface area contributed by atoms with Gasteiger partial charge in [0.05, 0.1) is 12.1 Å². The molecule has 4 heteroatoms. The maximum absolute atomic E-state index is 8.71. The molecule has 0 saturated heterocycles. The van der Waals surface area contributed by atoms with E-state index in [0.717, 1.165) is 11.6 Å². The Labute approximate surface area is 83.4 Å². The van der Waals surface area contributed by atoms with Gasteiger partial charge in [-0.15, -0.1) is 0 Å². The number of hydrogen-bond acceptors (Lipinski definition) is 4. The Morgan fingerprint density at radius 3 is 2.29 bits per heavy atom. The predicted molar refractivity (Wildman–Crippen MR) is 51.3 cm³/mol. The first-order valence-corrected chi connectivity index (χ1v) is 3.95. The van der Waals surface area contributed by atoms with Gasteiger partial charge >= 0.3 is 0 Å². The average molecular weight is 186 g/mol. The fourth-order valence-corrected chi connectivity index (χ4v) is 0.783. The van der Waals surface area contributed by atoms with E-state index in [0.29, 0.717) is 0 Å². The minimum Gasteiger partial charge on any atom is -0.357 e. The average Bonchev–Trinajstić information content (AvgIpc) is 2.15. The molecule has 1 atom stereocenters. The lowest BCUT2D eigenvalue weighted by Crippen LogP contribution is -2.24. The molecule has 0 radical (unpaired) electrons. The lowest BCUT2D eigenvalue weighted by molar-refractivity contribution is 0.814. The van der Waals surface area contributed by atoms with E-state index in [1.54, 1.807) is 18.2 Å². The molecule has 0 bridgehead atoms. The molecule has 0 aliphatic heterocycles. The van der Waals surface area contributed by atoms with Gasteiger partial charge in [-0.25, -0.2) is 0 Å². The minimum absolute atomic E-state index is 0.0940. The molecule has 1 N–H and O–H groups in total. The molecule has 70 valence electrons. The van der Waals surface area contributed by atoms with Crippen molar-refractivity contribution in [3.05, 3.63) is 23.4 Å². The molecule has 0 spiro atoms. The third-order valence-corrected chi connectivity index (χ3v) is 1.28. The van der Waals surface area contributed by atoms with E-state index >= 15 is 0 Å². The summed E-state index contributed by atoms with van der Waals surface area (Å²) in [5, 5.41) is 28.2. The smallest absolute Gasteiger partial charge is 0.134 e. The Bertz CT molecular complexity index is 366. The van der Waals surface area contributed by atoms with Crippen LogP contribution in [0.1, 0.15) is 13.8 Å². The van der Waals surface area contributed by atoms with Crippen LogP contribution < -0.4 is 5.32 Å². The van der Waals surface area contributed by atoms with Crippen molar-refractivity contribution < 1.29 is 0 Å². The van der Waals surface area contributed by atoms with Gasteiger partial charge in [-0.2, -0.15) is 15.8 Å². The van der Waals surface area contributed by atoms with Crippen molar-refractivity contribution in [2.24, 2.45) is 0 Å². The van der Waals surface area contributed by atoms with Crippen LogP contribution in [0.5, 0.6) is 0 Å². The lowest BCUT2D eigenvalue weighted by atomic mass is 10.2. The summed E-state index contributed by atoms with van der Waals surface area (Å²) in [5.74, 6) is 0. The number of nitrogens with one attached hydrogen (secondary N) is 1. The summed E-state index contributed by atoms with van der Waals surface area (Å²) in [6, 6.07) is 4.91. The molecule has 14 heavy (non-hydrogen) atoms. The second-order valence-electron chi connectivity index (χ2n) is 2.79. The van der Waals surface area contributed by atoms with Gasteiger partial charge in [0.2, 0.25) is 0 Å². The van der Waals surface area contributed by atoms with E-state index < -0.39 is 6.04 Å². The zero-order valence-electron chi connectivity index (χ0n) is 8.07. The SMILES string of the molecule is CC(C)=CC(C#N)N/C(C#N)=C/C#N. The molecule has 0 aromatic heterocycles. The quantitative estimate of drug-likeness (QED) is 0.533. The van der Waals surface area contributed by atoms with Crippen LogP contribution in [0.3, 0.4) is 0 Å². The molecule has 0 heterocycles.